The van der Waals surface area contributed by atoms with Gasteiger partial charge < -0.3 is 0 Å². The SMILES string of the molecule is Clc1ccc(-c2ccc(-c3cc(-c4ccc(-c5ccc(Cl)cc5)cc4)nc(-c4ccc(-c5ccc(Cl)cc5)cc4)n3)cc2)cc1. The van der Waals surface area contributed by atoms with Crippen LogP contribution < -0.4 is 0 Å². The third-order valence-electron chi connectivity index (χ3n) is 7.76. The normalized spacial score (nSPS) is 11.0. The standard InChI is InChI=1S/C40H25Cl3N2/c41-35-19-13-29(14-20-35)26-1-7-32(8-2-26)38-25-39(33-9-3-27(4-10-33)30-15-21-36(42)22-16-30)45-40(44-38)34-11-5-28(6-12-34)31-17-23-37(43)24-18-31/h1-25H. The van der Waals surface area contributed by atoms with Crippen LogP contribution in [-0.4, -0.2) is 9.97 Å². The van der Waals surface area contributed by atoms with E-state index in [0.29, 0.717) is 5.82 Å². The first-order chi connectivity index (χ1) is 22.0. The lowest BCUT2D eigenvalue weighted by molar-refractivity contribution is 1.18. The number of hydrogen-bond donors (Lipinski definition) is 0. The molecule has 7 aromatic rings. The summed E-state index contributed by atoms with van der Waals surface area (Å²) >= 11 is 18.3. The van der Waals surface area contributed by atoms with Crippen LogP contribution in [0.1, 0.15) is 0 Å². The molecule has 0 aliphatic rings. The van der Waals surface area contributed by atoms with Crippen LogP contribution in [0, 0.1) is 0 Å². The zero-order chi connectivity index (χ0) is 30.8. The van der Waals surface area contributed by atoms with Gasteiger partial charge in [0.15, 0.2) is 5.82 Å². The highest BCUT2D eigenvalue weighted by Gasteiger charge is 2.12. The van der Waals surface area contributed by atoms with Crippen LogP contribution in [0.2, 0.25) is 15.1 Å². The van der Waals surface area contributed by atoms with E-state index >= 15 is 0 Å². The Morgan fingerprint density at radius 1 is 0.267 bits per heavy atom. The molecule has 2 nitrogen and oxygen atoms in total. The molecule has 6 aromatic carbocycles. The second-order valence-electron chi connectivity index (χ2n) is 10.7. The number of hydrogen-bond acceptors (Lipinski definition) is 2. The van der Waals surface area contributed by atoms with Crippen molar-refractivity contribution in [3.8, 4) is 67.3 Å². The molecule has 216 valence electrons. The third-order valence-corrected chi connectivity index (χ3v) is 8.52. The molecule has 0 spiro atoms. The molecule has 0 unspecified atom stereocenters. The first-order valence-electron chi connectivity index (χ1n) is 14.5. The lowest BCUT2D eigenvalue weighted by Gasteiger charge is -2.11. The molecular weight excluding hydrogens is 615 g/mol. The van der Waals surface area contributed by atoms with Gasteiger partial charge in [0.25, 0.3) is 0 Å². The van der Waals surface area contributed by atoms with Gasteiger partial charge in [-0.15, -0.1) is 0 Å². The van der Waals surface area contributed by atoms with Gasteiger partial charge in [-0.2, -0.15) is 0 Å². The Bertz CT molecular complexity index is 1810. The van der Waals surface area contributed by atoms with Gasteiger partial charge in [-0.25, -0.2) is 9.97 Å². The average molecular weight is 640 g/mol. The molecular formula is C40H25Cl3N2. The van der Waals surface area contributed by atoms with Gasteiger partial charge in [-0.1, -0.05) is 144 Å². The summed E-state index contributed by atoms with van der Waals surface area (Å²) in [5.41, 5.74) is 11.3. The quantitative estimate of drug-likeness (QED) is 0.181. The summed E-state index contributed by atoms with van der Waals surface area (Å²) in [5, 5.41) is 2.16. The molecule has 0 amide bonds. The van der Waals surface area contributed by atoms with E-state index in [9.17, 15) is 0 Å². The van der Waals surface area contributed by atoms with Crippen molar-refractivity contribution in [3.63, 3.8) is 0 Å². The zero-order valence-electron chi connectivity index (χ0n) is 24.0. The van der Waals surface area contributed by atoms with E-state index in [-0.39, 0.29) is 0 Å². The van der Waals surface area contributed by atoms with Crippen molar-refractivity contribution in [2.75, 3.05) is 0 Å². The Hall–Kier alpha value is -4.73. The predicted molar refractivity (Wildman–Crippen MR) is 190 cm³/mol. The molecule has 0 atom stereocenters. The van der Waals surface area contributed by atoms with Crippen LogP contribution in [0.25, 0.3) is 67.3 Å². The topological polar surface area (TPSA) is 25.8 Å². The van der Waals surface area contributed by atoms with Crippen molar-refractivity contribution in [3.05, 3.63) is 167 Å². The van der Waals surface area contributed by atoms with E-state index in [4.69, 9.17) is 44.8 Å². The minimum Gasteiger partial charge on any atom is -0.228 e. The highest BCUT2D eigenvalue weighted by molar-refractivity contribution is 6.31. The fourth-order valence-corrected chi connectivity index (χ4v) is 5.66. The summed E-state index contributed by atoms with van der Waals surface area (Å²) < 4.78 is 0. The molecule has 1 aromatic heterocycles. The number of aromatic nitrogens is 2. The summed E-state index contributed by atoms with van der Waals surface area (Å²) in [5.74, 6) is 0.661. The van der Waals surface area contributed by atoms with Crippen LogP contribution in [0.15, 0.2) is 152 Å². The first-order valence-corrected chi connectivity index (χ1v) is 15.6. The van der Waals surface area contributed by atoms with Crippen LogP contribution in [0.4, 0.5) is 0 Å². The van der Waals surface area contributed by atoms with Crippen molar-refractivity contribution >= 4 is 34.8 Å². The van der Waals surface area contributed by atoms with Crippen molar-refractivity contribution in [2.24, 2.45) is 0 Å². The molecule has 0 N–H and O–H groups in total. The third kappa shape index (κ3) is 6.55. The molecule has 0 fully saturated rings. The highest BCUT2D eigenvalue weighted by atomic mass is 35.5. The summed E-state index contributed by atoms with van der Waals surface area (Å²) in [6, 6.07) is 50.8. The van der Waals surface area contributed by atoms with E-state index < -0.39 is 0 Å². The Balaban J connectivity index is 1.27. The van der Waals surface area contributed by atoms with E-state index in [2.05, 4.69) is 78.9 Å². The second kappa shape index (κ2) is 12.7. The average Bonchev–Trinajstić information content (AvgIpc) is 3.09. The summed E-state index contributed by atoms with van der Waals surface area (Å²) in [6.45, 7) is 0. The number of halogens is 3. The molecule has 7 rings (SSSR count). The van der Waals surface area contributed by atoms with E-state index in [1.54, 1.807) is 0 Å². The van der Waals surface area contributed by atoms with Gasteiger partial charge in [0.1, 0.15) is 0 Å². The largest absolute Gasteiger partial charge is 0.228 e. The Morgan fingerprint density at radius 2 is 0.489 bits per heavy atom. The van der Waals surface area contributed by atoms with Gasteiger partial charge in [-0.3, -0.25) is 0 Å². The number of rotatable bonds is 6. The molecule has 0 saturated heterocycles. The first kappa shape index (κ1) is 29.0. The van der Waals surface area contributed by atoms with E-state index in [1.165, 1.54) is 0 Å². The maximum atomic E-state index is 6.10. The molecule has 0 saturated carbocycles. The van der Waals surface area contributed by atoms with E-state index in [0.717, 1.165) is 76.5 Å². The lowest BCUT2D eigenvalue weighted by atomic mass is 10.00. The lowest BCUT2D eigenvalue weighted by Crippen LogP contribution is -1.96. The van der Waals surface area contributed by atoms with Crippen LogP contribution in [0.3, 0.4) is 0 Å². The molecule has 0 aliphatic heterocycles. The smallest absolute Gasteiger partial charge is 0.160 e. The molecule has 5 heteroatoms. The van der Waals surface area contributed by atoms with Crippen molar-refractivity contribution < 1.29 is 0 Å². The predicted octanol–water partition coefficient (Wildman–Crippen LogP) is 12.4. The fraction of sp³-hybridized carbons (Fsp3) is 0. The number of benzene rings is 6. The zero-order valence-corrected chi connectivity index (χ0v) is 26.2. The van der Waals surface area contributed by atoms with Crippen LogP contribution in [0.5, 0.6) is 0 Å². The minimum atomic E-state index is 0.661. The molecule has 45 heavy (non-hydrogen) atoms. The molecule has 1 heterocycles. The van der Waals surface area contributed by atoms with Gasteiger partial charge in [0.05, 0.1) is 11.4 Å². The highest BCUT2D eigenvalue weighted by Crippen LogP contribution is 2.32. The molecule has 0 bridgehead atoms. The van der Waals surface area contributed by atoms with Gasteiger partial charge in [0.2, 0.25) is 0 Å². The van der Waals surface area contributed by atoms with Gasteiger partial charge >= 0.3 is 0 Å². The van der Waals surface area contributed by atoms with Crippen LogP contribution >= 0.6 is 34.8 Å². The fourth-order valence-electron chi connectivity index (χ4n) is 5.28. The summed E-state index contributed by atoms with van der Waals surface area (Å²) in [6.07, 6.45) is 0. The minimum absolute atomic E-state index is 0.661. The maximum absolute atomic E-state index is 6.10. The Kier molecular flexibility index (Phi) is 8.19. The maximum Gasteiger partial charge on any atom is 0.160 e. The van der Waals surface area contributed by atoms with Crippen molar-refractivity contribution in [2.45, 2.75) is 0 Å². The molecule has 0 radical (unpaired) electrons. The Labute approximate surface area is 277 Å². The van der Waals surface area contributed by atoms with Gasteiger partial charge in [-0.05, 0) is 75.8 Å². The van der Waals surface area contributed by atoms with E-state index in [1.807, 2.05) is 72.8 Å². The van der Waals surface area contributed by atoms with Gasteiger partial charge in [0, 0.05) is 31.8 Å². The monoisotopic (exact) mass is 638 g/mol. The number of nitrogens with zero attached hydrogens (tertiary/aromatic N) is 2. The van der Waals surface area contributed by atoms with Crippen LogP contribution in [-0.2, 0) is 0 Å². The Morgan fingerprint density at radius 3 is 0.778 bits per heavy atom. The van der Waals surface area contributed by atoms with Crippen molar-refractivity contribution in [1.29, 1.82) is 0 Å². The molecule has 0 aliphatic carbocycles. The second-order valence-corrected chi connectivity index (χ2v) is 12.0. The van der Waals surface area contributed by atoms with Crippen molar-refractivity contribution in [1.82, 2.24) is 9.97 Å². The summed E-state index contributed by atoms with van der Waals surface area (Å²) in [7, 11) is 0. The summed E-state index contributed by atoms with van der Waals surface area (Å²) in [4.78, 5) is 10.1.